The minimum atomic E-state index is -3.59. The Morgan fingerprint density at radius 3 is 2.26 bits per heavy atom. The van der Waals surface area contributed by atoms with Crippen molar-refractivity contribution < 1.29 is 22.7 Å². The van der Waals surface area contributed by atoms with Gasteiger partial charge in [0.05, 0.1) is 19.1 Å². The molecule has 0 aliphatic rings. The molecule has 1 N–H and O–H groups in total. The number of benzene rings is 3. The van der Waals surface area contributed by atoms with E-state index >= 15 is 0 Å². The molecule has 0 aromatic heterocycles. The van der Waals surface area contributed by atoms with Crippen LogP contribution in [0, 0.1) is 0 Å². The first-order chi connectivity index (χ1) is 20.1. The van der Waals surface area contributed by atoms with Crippen molar-refractivity contribution in [1.82, 2.24) is 10.2 Å². The predicted octanol–water partition coefficient (Wildman–Crippen LogP) is 5.56. The fourth-order valence-electron chi connectivity index (χ4n) is 4.64. The second-order valence-corrected chi connectivity index (χ2v) is 13.0. The summed E-state index contributed by atoms with van der Waals surface area (Å²) in [6, 6.07) is 23.3. The number of hydrogen-bond donors (Lipinski definition) is 1. The molecule has 0 fully saturated rings. The quantitative estimate of drug-likeness (QED) is 0.204. The van der Waals surface area contributed by atoms with Gasteiger partial charge in [0, 0.05) is 36.9 Å². The highest BCUT2D eigenvalue weighted by Gasteiger charge is 2.30. The van der Waals surface area contributed by atoms with Crippen LogP contribution in [0.5, 0.6) is 5.75 Å². The van der Waals surface area contributed by atoms with Crippen molar-refractivity contribution in [1.29, 1.82) is 0 Å². The summed E-state index contributed by atoms with van der Waals surface area (Å²) in [6.07, 6.45) is 3.65. The zero-order chi connectivity index (χ0) is 30.5. The topological polar surface area (TPSA) is 96.0 Å². The molecule has 3 aromatic rings. The van der Waals surface area contributed by atoms with Crippen molar-refractivity contribution in [2.75, 3.05) is 30.8 Å². The molecule has 0 radical (unpaired) electrons. The number of halogens is 1. The van der Waals surface area contributed by atoms with E-state index in [1.54, 1.807) is 36.3 Å². The van der Waals surface area contributed by atoms with Gasteiger partial charge in [0.2, 0.25) is 21.8 Å². The second kappa shape index (κ2) is 16.3. The van der Waals surface area contributed by atoms with E-state index in [-0.39, 0.29) is 37.7 Å². The van der Waals surface area contributed by atoms with Crippen LogP contribution in [0.4, 0.5) is 5.69 Å². The van der Waals surface area contributed by atoms with Gasteiger partial charge in [-0.25, -0.2) is 8.42 Å². The first-order valence-electron chi connectivity index (χ1n) is 14.1. The highest BCUT2D eigenvalue weighted by atomic mass is 79.9. The van der Waals surface area contributed by atoms with E-state index in [1.807, 2.05) is 54.6 Å². The average Bonchev–Trinajstić information content (AvgIpc) is 2.97. The molecule has 10 heteroatoms. The minimum absolute atomic E-state index is 0.0731. The van der Waals surface area contributed by atoms with Gasteiger partial charge in [-0.3, -0.25) is 13.9 Å². The molecule has 0 aliphatic carbocycles. The van der Waals surface area contributed by atoms with Crippen LogP contribution < -0.4 is 14.4 Å². The molecule has 1 atom stereocenters. The van der Waals surface area contributed by atoms with Crippen molar-refractivity contribution in [2.45, 2.75) is 51.6 Å². The number of carbonyl (C=O) groups excluding carboxylic acids is 2. The van der Waals surface area contributed by atoms with Crippen molar-refractivity contribution in [3.8, 4) is 5.75 Å². The summed E-state index contributed by atoms with van der Waals surface area (Å²) in [6.45, 7) is 2.95. The number of nitrogens with one attached hydrogen (secondary N) is 1. The number of hydrogen-bond acceptors (Lipinski definition) is 5. The van der Waals surface area contributed by atoms with Crippen LogP contribution in [0.2, 0.25) is 0 Å². The molecule has 0 spiro atoms. The molecule has 1 unspecified atom stereocenters. The molecule has 2 amide bonds. The van der Waals surface area contributed by atoms with Gasteiger partial charge in [-0.15, -0.1) is 0 Å². The lowest BCUT2D eigenvalue weighted by Crippen LogP contribution is -2.50. The zero-order valence-electron chi connectivity index (χ0n) is 24.5. The standard InChI is InChI=1S/C32H40BrN3O5S/c1-4-5-20-34-32(38)30(23-25-11-7-6-8-12-25)35(24-26-13-9-14-27(33)22-26)31(37)15-10-21-36(42(3,39)40)28-16-18-29(41-2)19-17-28/h6-9,11-14,16-19,22,30H,4-5,10,15,20-21,23-24H2,1-3H3,(H,34,38). The lowest BCUT2D eigenvalue weighted by atomic mass is 10.0. The van der Waals surface area contributed by atoms with Crippen molar-refractivity contribution in [3.63, 3.8) is 0 Å². The fraction of sp³-hybridized carbons (Fsp3) is 0.375. The Balaban J connectivity index is 1.86. The Morgan fingerprint density at radius 2 is 1.64 bits per heavy atom. The number of nitrogens with zero attached hydrogens (tertiary/aromatic N) is 2. The van der Waals surface area contributed by atoms with Gasteiger partial charge in [-0.05, 0) is 60.4 Å². The van der Waals surface area contributed by atoms with Crippen LogP contribution in [0.3, 0.4) is 0 Å². The number of anilines is 1. The number of unbranched alkanes of at least 4 members (excludes halogenated alkanes) is 1. The summed E-state index contributed by atoms with van der Waals surface area (Å²) in [4.78, 5) is 29.1. The van der Waals surface area contributed by atoms with Crippen molar-refractivity contribution in [2.24, 2.45) is 0 Å². The van der Waals surface area contributed by atoms with Crippen LogP contribution in [0.25, 0.3) is 0 Å². The molecule has 42 heavy (non-hydrogen) atoms. The predicted molar refractivity (Wildman–Crippen MR) is 171 cm³/mol. The molecule has 0 bridgehead atoms. The van der Waals surface area contributed by atoms with Gasteiger partial charge < -0.3 is 15.0 Å². The molecule has 3 aromatic carbocycles. The van der Waals surface area contributed by atoms with Crippen LogP contribution in [-0.2, 0) is 32.6 Å². The van der Waals surface area contributed by atoms with Gasteiger partial charge in [0.25, 0.3) is 0 Å². The molecule has 0 saturated carbocycles. The molecule has 226 valence electrons. The molecule has 0 heterocycles. The molecular formula is C32H40BrN3O5S. The highest BCUT2D eigenvalue weighted by molar-refractivity contribution is 9.10. The smallest absolute Gasteiger partial charge is 0.243 e. The number of methoxy groups -OCH3 is 1. The summed E-state index contributed by atoms with van der Waals surface area (Å²) in [5.74, 6) is 0.198. The highest BCUT2D eigenvalue weighted by Crippen LogP contribution is 2.23. The number of ether oxygens (including phenoxy) is 1. The second-order valence-electron chi connectivity index (χ2n) is 10.1. The maximum Gasteiger partial charge on any atom is 0.243 e. The summed E-state index contributed by atoms with van der Waals surface area (Å²) in [5, 5.41) is 3.02. The molecule has 3 rings (SSSR count). The third-order valence-corrected chi connectivity index (χ3v) is 8.54. The van der Waals surface area contributed by atoms with Gasteiger partial charge in [-0.2, -0.15) is 0 Å². The largest absolute Gasteiger partial charge is 0.497 e. The van der Waals surface area contributed by atoms with Crippen molar-refractivity contribution in [3.05, 3.63) is 94.5 Å². The average molecular weight is 659 g/mol. The van der Waals surface area contributed by atoms with E-state index in [2.05, 4.69) is 28.2 Å². The zero-order valence-corrected chi connectivity index (χ0v) is 26.9. The Morgan fingerprint density at radius 1 is 0.952 bits per heavy atom. The lowest BCUT2D eigenvalue weighted by Gasteiger charge is -2.32. The van der Waals surface area contributed by atoms with E-state index < -0.39 is 16.1 Å². The van der Waals surface area contributed by atoms with Crippen LogP contribution in [-0.4, -0.2) is 57.6 Å². The third kappa shape index (κ3) is 10.2. The number of carbonyl (C=O) groups is 2. The van der Waals surface area contributed by atoms with Crippen molar-refractivity contribution >= 4 is 43.5 Å². The maximum absolute atomic E-state index is 13.9. The number of amides is 2. The SMILES string of the molecule is CCCCNC(=O)C(Cc1ccccc1)N(Cc1cccc(Br)c1)C(=O)CCCN(c1ccc(OC)cc1)S(C)(=O)=O. The van der Waals surface area contributed by atoms with E-state index in [4.69, 9.17) is 4.74 Å². The third-order valence-electron chi connectivity index (χ3n) is 6.86. The number of rotatable bonds is 16. The molecular weight excluding hydrogens is 618 g/mol. The normalized spacial score (nSPS) is 11.9. The molecule has 0 saturated heterocycles. The summed E-state index contributed by atoms with van der Waals surface area (Å²) >= 11 is 3.51. The monoisotopic (exact) mass is 657 g/mol. The Bertz CT molecular complexity index is 1400. The van der Waals surface area contributed by atoms with E-state index in [9.17, 15) is 18.0 Å². The van der Waals surface area contributed by atoms with Gasteiger partial charge >= 0.3 is 0 Å². The van der Waals surface area contributed by atoms with E-state index in [0.717, 1.165) is 34.7 Å². The van der Waals surface area contributed by atoms with E-state index in [1.165, 1.54) is 4.31 Å². The summed E-state index contributed by atoms with van der Waals surface area (Å²) < 4.78 is 32.6. The summed E-state index contributed by atoms with van der Waals surface area (Å²) in [7, 11) is -2.05. The first kappa shape index (κ1) is 33.1. The Kier molecular flexibility index (Phi) is 12.9. The van der Waals surface area contributed by atoms with Crippen LogP contribution >= 0.6 is 15.9 Å². The first-order valence-corrected chi connectivity index (χ1v) is 16.7. The summed E-state index contributed by atoms with van der Waals surface area (Å²) in [5.41, 5.74) is 2.32. The Labute approximate surface area is 258 Å². The maximum atomic E-state index is 13.9. The Hall–Kier alpha value is -3.37. The molecule has 8 nitrogen and oxygen atoms in total. The lowest BCUT2D eigenvalue weighted by molar-refractivity contribution is -0.141. The van der Waals surface area contributed by atoms with Crippen LogP contribution in [0.15, 0.2) is 83.3 Å². The van der Waals surface area contributed by atoms with E-state index in [0.29, 0.717) is 24.4 Å². The number of sulfonamides is 1. The van der Waals surface area contributed by atoms with Crippen LogP contribution in [0.1, 0.15) is 43.7 Å². The van der Waals surface area contributed by atoms with Gasteiger partial charge in [0.1, 0.15) is 11.8 Å². The van der Waals surface area contributed by atoms with Gasteiger partial charge in [0.15, 0.2) is 0 Å². The minimum Gasteiger partial charge on any atom is -0.497 e. The fourth-order valence-corrected chi connectivity index (χ4v) is 6.06. The molecule has 0 aliphatic heterocycles. The van der Waals surface area contributed by atoms with Gasteiger partial charge in [-0.1, -0.05) is 71.7 Å².